The van der Waals surface area contributed by atoms with E-state index in [0.29, 0.717) is 0 Å². The molecule has 0 fully saturated rings. The summed E-state index contributed by atoms with van der Waals surface area (Å²) in [6.45, 7) is 0. The van der Waals surface area contributed by atoms with Crippen LogP contribution in [0.3, 0.4) is 0 Å². The summed E-state index contributed by atoms with van der Waals surface area (Å²) < 4.78 is 8.88. The van der Waals surface area contributed by atoms with Crippen LogP contribution in [-0.2, 0) is 10.1 Å². The normalized spacial score (nSPS) is 11.4. The molecule has 0 radical (unpaired) electrons. The highest BCUT2D eigenvalue weighted by Crippen LogP contribution is 2.33. The van der Waals surface area contributed by atoms with Crippen molar-refractivity contribution < 1.29 is 19.2 Å². The second-order valence-electron chi connectivity index (χ2n) is 5.42. The molecule has 0 spiro atoms. The fourth-order valence-corrected chi connectivity index (χ4v) is 2.60. The van der Waals surface area contributed by atoms with E-state index in [1.54, 1.807) is 0 Å². The molecule has 0 amide bonds. The Kier molecular flexibility index (Phi) is 6.26. The SMILES string of the molecule is NC(c1ccccc1)(c1ccccc1)c1ccccc1.O=P(O)(O)O. The molecule has 0 bridgehead atoms. The van der Waals surface area contributed by atoms with E-state index < -0.39 is 13.4 Å². The minimum absolute atomic E-state index is 0.621. The van der Waals surface area contributed by atoms with Gasteiger partial charge in [0, 0.05) is 0 Å². The summed E-state index contributed by atoms with van der Waals surface area (Å²) in [5, 5.41) is 0. The van der Waals surface area contributed by atoms with Crippen LogP contribution in [0, 0.1) is 0 Å². The van der Waals surface area contributed by atoms with Crippen LogP contribution < -0.4 is 5.73 Å². The molecule has 6 heteroatoms. The standard InChI is InChI=1S/C19H17N.H3O4P/c20-19(16-10-4-1-5-11-16,17-12-6-2-7-13-17)18-14-8-3-9-15-18;1-5(2,3)4/h1-15H,20H2;(H3,1,2,3,4). The van der Waals surface area contributed by atoms with Gasteiger partial charge in [0.25, 0.3) is 0 Å². The van der Waals surface area contributed by atoms with Gasteiger partial charge in [0.1, 0.15) is 0 Å². The molecule has 5 nitrogen and oxygen atoms in total. The van der Waals surface area contributed by atoms with Gasteiger partial charge in [0.2, 0.25) is 0 Å². The fourth-order valence-electron chi connectivity index (χ4n) is 2.60. The summed E-state index contributed by atoms with van der Waals surface area (Å²) in [5.41, 5.74) is 9.53. The summed E-state index contributed by atoms with van der Waals surface area (Å²) in [7, 11) is -4.64. The molecule has 130 valence electrons. The van der Waals surface area contributed by atoms with Crippen molar-refractivity contribution in [2.24, 2.45) is 5.73 Å². The smallest absolute Gasteiger partial charge is 0.314 e. The van der Waals surface area contributed by atoms with Crippen LogP contribution in [0.15, 0.2) is 91.0 Å². The number of benzene rings is 3. The molecular formula is C19H20NO4P. The Morgan fingerprint density at radius 2 is 0.800 bits per heavy atom. The Morgan fingerprint density at radius 1 is 0.600 bits per heavy atom. The van der Waals surface area contributed by atoms with Crippen molar-refractivity contribution in [1.82, 2.24) is 0 Å². The Balaban J connectivity index is 0.000000399. The maximum absolute atomic E-state index is 8.88. The molecule has 5 N–H and O–H groups in total. The van der Waals surface area contributed by atoms with E-state index in [1.165, 1.54) is 0 Å². The van der Waals surface area contributed by atoms with Gasteiger partial charge in [-0.25, -0.2) is 4.57 Å². The Labute approximate surface area is 146 Å². The molecule has 0 unspecified atom stereocenters. The summed E-state index contributed by atoms with van der Waals surface area (Å²) >= 11 is 0. The van der Waals surface area contributed by atoms with E-state index >= 15 is 0 Å². The molecule has 25 heavy (non-hydrogen) atoms. The molecule has 0 aliphatic heterocycles. The molecule has 3 aromatic carbocycles. The van der Waals surface area contributed by atoms with E-state index in [1.807, 2.05) is 54.6 Å². The summed E-state index contributed by atoms with van der Waals surface area (Å²) in [4.78, 5) is 21.6. The molecule has 3 aromatic rings. The third-order valence-electron chi connectivity index (χ3n) is 3.69. The Morgan fingerprint density at radius 3 is 1.00 bits per heavy atom. The van der Waals surface area contributed by atoms with Gasteiger partial charge in [-0.2, -0.15) is 0 Å². The van der Waals surface area contributed by atoms with E-state index in [0.717, 1.165) is 16.7 Å². The van der Waals surface area contributed by atoms with Crippen molar-refractivity contribution in [1.29, 1.82) is 0 Å². The first-order valence-electron chi connectivity index (χ1n) is 7.55. The van der Waals surface area contributed by atoms with E-state index in [4.69, 9.17) is 25.0 Å². The zero-order chi connectivity index (χ0) is 18.3. The Hall–Kier alpha value is -2.27. The second kappa shape index (κ2) is 8.21. The number of phosphoric acid groups is 1. The van der Waals surface area contributed by atoms with Gasteiger partial charge in [0.15, 0.2) is 0 Å². The lowest BCUT2D eigenvalue weighted by molar-refractivity contribution is 0.275. The van der Waals surface area contributed by atoms with Gasteiger partial charge in [-0.05, 0) is 16.7 Å². The lowest BCUT2D eigenvalue weighted by Gasteiger charge is -2.31. The fraction of sp³-hybridized carbons (Fsp3) is 0.0526. The third-order valence-corrected chi connectivity index (χ3v) is 3.69. The summed E-state index contributed by atoms with van der Waals surface area (Å²) in [6, 6.07) is 30.7. The van der Waals surface area contributed by atoms with E-state index in [-0.39, 0.29) is 0 Å². The van der Waals surface area contributed by atoms with Crippen LogP contribution in [0.5, 0.6) is 0 Å². The molecule has 0 heterocycles. The first kappa shape index (κ1) is 19.1. The lowest BCUT2D eigenvalue weighted by atomic mass is 9.78. The monoisotopic (exact) mass is 357 g/mol. The number of hydrogen-bond acceptors (Lipinski definition) is 2. The maximum atomic E-state index is 8.88. The predicted molar refractivity (Wildman–Crippen MR) is 97.7 cm³/mol. The molecule has 0 aliphatic carbocycles. The molecule has 3 rings (SSSR count). The molecule has 0 atom stereocenters. The second-order valence-corrected chi connectivity index (χ2v) is 6.45. The maximum Gasteiger partial charge on any atom is 0.466 e. The highest BCUT2D eigenvalue weighted by Gasteiger charge is 2.31. The van der Waals surface area contributed by atoms with Crippen LogP contribution in [0.4, 0.5) is 0 Å². The molecule has 0 saturated heterocycles. The minimum Gasteiger partial charge on any atom is -0.314 e. The van der Waals surface area contributed by atoms with Gasteiger partial charge in [0.05, 0.1) is 5.54 Å². The van der Waals surface area contributed by atoms with E-state index in [9.17, 15) is 0 Å². The zero-order valence-electron chi connectivity index (χ0n) is 13.4. The third kappa shape index (κ3) is 5.36. The van der Waals surface area contributed by atoms with Crippen LogP contribution in [0.2, 0.25) is 0 Å². The molecule has 0 aliphatic rings. The van der Waals surface area contributed by atoms with Gasteiger partial charge in [-0.1, -0.05) is 91.0 Å². The van der Waals surface area contributed by atoms with Crippen molar-refractivity contribution in [3.8, 4) is 0 Å². The first-order valence-corrected chi connectivity index (χ1v) is 9.12. The topological polar surface area (TPSA) is 104 Å². The molecular weight excluding hydrogens is 337 g/mol. The predicted octanol–water partition coefficient (Wildman–Crippen LogP) is 3.01. The van der Waals surface area contributed by atoms with Crippen molar-refractivity contribution in [3.63, 3.8) is 0 Å². The van der Waals surface area contributed by atoms with Gasteiger partial charge < -0.3 is 20.4 Å². The van der Waals surface area contributed by atoms with E-state index in [2.05, 4.69) is 36.4 Å². The minimum atomic E-state index is -4.64. The highest BCUT2D eigenvalue weighted by molar-refractivity contribution is 7.45. The average Bonchev–Trinajstić information content (AvgIpc) is 2.62. The van der Waals surface area contributed by atoms with Gasteiger partial charge in [-0.15, -0.1) is 0 Å². The van der Waals surface area contributed by atoms with Crippen LogP contribution >= 0.6 is 7.82 Å². The molecule has 0 aromatic heterocycles. The molecule has 0 saturated carbocycles. The van der Waals surface area contributed by atoms with Crippen LogP contribution in [0.25, 0.3) is 0 Å². The van der Waals surface area contributed by atoms with Crippen LogP contribution in [-0.4, -0.2) is 14.7 Å². The van der Waals surface area contributed by atoms with Crippen molar-refractivity contribution in [2.75, 3.05) is 0 Å². The number of rotatable bonds is 3. The largest absolute Gasteiger partial charge is 0.466 e. The Bertz CT molecular complexity index is 715. The van der Waals surface area contributed by atoms with Gasteiger partial charge in [-0.3, -0.25) is 0 Å². The average molecular weight is 357 g/mol. The van der Waals surface area contributed by atoms with Crippen molar-refractivity contribution >= 4 is 7.82 Å². The van der Waals surface area contributed by atoms with Crippen molar-refractivity contribution in [2.45, 2.75) is 5.54 Å². The lowest BCUT2D eigenvalue weighted by Crippen LogP contribution is -2.39. The summed E-state index contributed by atoms with van der Waals surface area (Å²) in [6.07, 6.45) is 0. The van der Waals surface area contributed by atoms with Crippen LogP contribution in [0.1, 0.15) is 16.7 Å². The zero-order valence-corrected chi connectivity index (χ0v) is 14.3. The highest BCUT2D eigenvalue weighted by atomic mass is 31.2. The summed E-state index contributed by atoms with van der Waals surface area (Å²) in [5.74, 6) is 0. The first-order chi connectivity index (χ1) is 11.8. The number of hydrogen-bond donors (Lipinski definition) is 4. The number of nitrogens with two attached hydrogens (primary N) is 1. The quantitative estimate of drug-likeness (QED) is 0.426. The van der Waals surface area contributed by atoms with Crippen molar-refractivity contribution in [3.05, 3.63) is 108 Å². The van der Waals surface area contributed by atoms with Gasteiger partial charge >= 0.3 is 7.82 Å².